The molecule has 1 saturated heterocycles. The molecule has 5 rings (SSSR count). The summed E-state index contributed by atoms with van der Waals surface area (Å²) in [5, 5.41) is 3.38. The van der Waals surface area contributed by atoms with E-state index in [1.165, 1.54) is 11.1 Å². The first-order chi connectivity index (χ1) is 18.0. The number of hydrogen-bond acceptors (Lipinski definition) is 5. The van der Waals surface area contributed by atoms with Gasteiger partial charge in [0.2, 0.25) is 5.91 Å². The number of nitrogens with zero attached hydrogens (tertiary/aromatic N) is 1. The van der Waals surface area contributed by atoms with Crippen molar-refractivity contribution in [2.45, 2.75) is 50.1 Å². The molecule has 7 heteroatoms. The summed E-state index contributed by atoms with van der Waals surface area (Å²) in [6.07, 6.45) is 3.38. The molecule has 0 aromatic heterocycles. The van der Waals surface area contributed by atoms with Crippen LogP contribution in [0.5, 0.6) is 0 Å². The normalized spacial score (nSPS) is 17.5. The zero-order valence-electron chi connectivity index (χ0n) is 20.9. The van der Waals surface area contributed by atoms with E-state index in [0.717, 1.165) is 30.4 Å². The van der Waals surface area contributed by atoms with Gasteiger partial charge in [0.1, 0.15) is 6.04 Å². The molecule has 1 N–H and O–H groups in total. The second-order valence-electron chi connectivity index (χ2n) is 10.0. The lowest BCUT2D eigenvalue weighted by Crippen LogP contribution is -2.46. The topological polar surface area (TPSA) is 75.7 Å². The quantitative estimate of drug-likeness (QED) is 0.407. The fraction of sp³-hybridized carbons (Fsp3) is 0.333. The van der Waals surface area contributed by atoms with Crippen LogP contribution in [0, 0.1) is 0 Å². The molecule has 1 fully saturated rings. The lowest BCUT2D eigenvalue weighted by atomic mass is 10.1. The van der Waals surface area contributed by atoms with Crippen molar-refractivity contribution < 1.29 is 18.7 Å². The number of nitrogens with one attached hydrogen (secondary N) is 1. The van der Waals surface area contributed by atoms with Gasteiger partial charge in [-0.2, -0.15) is 0 Å². The van der Waals surface area contributed by atoms with E-state index in [1.807, 2.05) is 72.8 Å². The van der Waals surface area contributed by atoms with Gasteiger partial charge in [-0.15, -0.1) is 0 Å². The number of likely N-dealkylation sites (tertiary alicyclic amines) is 1. The van der Waals surface area contributed by atoms with Crippen molar-refractivity contribution >= 4 is 19.2 Å². The first-order valence-corrected chi connectivity index (χ1v) is 15.0. The Labute approximate surface area is 218 Å². The molecule has 1 aliphatic carbocycles. The predicted molar refractivity (Wildman–Crippen MR) is 144 cm³/mol. The van der Waals surface area contributed by atoms with Crippen LogP contribution in [0.1, 0.15) is 35.1 Å². The van der Waals surface area contributed by atoms with E-state index in [4.69, 9.17) is 4.52 Å². The highest BCUT2D eigenvalue weighted by molar-refractivity contribution is 7.57. The number of benzene rings is 3. The SMILES string of the molecule is O=C(OP(=O)(Cc1ccccc1)Cc1ccccc1)[C@@H]1CCCN1C(=O)CNC1Cc2ccccc2C1. The van der Waals surface area contributed by atoms with Crippen molar-refractivity contribution in [3.05, 3.63) is 107 Å². The van der Waals surface area contributed by atoms with Crippen LogP contribution in [0.3, 0.4) is 0 Å². The number of carbonyl (C=O) groups is 2. The molecule has 2 aliphatic rings. The molecule has 1 amide bonds. The first-order valence-electron chi connectivity index (χ1n) is 13.0. The van der Waals surface area contributed by atoms with Gasteiger partial charge in [-0.25, -0.2) is 4.79 Å². The summed E-state index contributed by atoms with van der Waals surface area (Å²) >= 11 is 0. The zero-order valence-corrected chi connectivity index (χ0v) is 21.8. The highest BCUT2D eigenvalue weighted by Gasteiger charge is 2.39. The molecule has 0 bridgehead atoms. The van der Waals surface area contributed by atoms with Crippen LogP contribution in [-0.4, -0.2) is 41.9 Å². The third-order valence-electron chi connectivity index (χ3n) is 7.23. The van der Waals surface area contributed by atoms with Crippen LogP contribution in [0.4, 0.5) is 0 Å². The van der Waals surface area contributed by atoms with Gasteiger partial charge in [-0.3, -0.25) is 9.36 Å². The maximum atomic E-state index is 14.0. The Morgan fingerprint density at radius 1 is 0.838 bits per heavy atom. The number of amides is 1. The van der Waals surface area contributed by atoms with Gasteiger partial charge in [0.15, 0.2) is 0 Å². The van der Waals surface area contributed by atoms with Crippen molar-refractivity contribution in [2.24, 2.45) is 0 Å². The fourth-order valence-corrected chi connectivity index (χ4v) is 7.64. The minimum Gasteiger partial charge on any atom is -0.410 e. The Kier molecular flexibility index (Phi) is 7.87. The Hall–Kier alpha value is -3.21. The molecule has 0 radical (unpaired) electrons. The third-order valence-corrected chi connectivity index (χ3v) is 9.43. The van der Waals surface area contributed by atoms with E-state index in [9.17, 15) is 14.2 Å². The van der Waals surface area contributed by atoms with E-state index >= 15 is 0 Å². The average molecular weight is 517 g/mol. The molecule has 1 aliphatic heterocycles. The minimum absolute atomic E-state index is 0.114. The molecule has 6 nitrogen and oxygen atoms in total. The monoisotopic (exact) mass is 516 g/mol. The fourth-order valence-electron chi connectivity index (χ4n) is 5.42. The van der Waals surface area contributed by atoms with Crippen molar-refractivity contribution in [1.29, 1.82) is 0 Å². The zero-order chi connectivity index (χ0) is 25.7. The summed E-state index contributed by atoms with van der Waals surface area (Å²) in [7, 11) is -3.40. The summed E-state index contributed by atoms with van der Waals surface area (Å²) in [6, 6.07) is 26.8. The molecule has 0 unspecified atom stereocenters. The molecule has 3 aromatic carbocycles. The summed E-state index contributed by atoms with van der Waals surface area (Å²) < 4.78 is 19.9. The van der Waals surface area contributed by atoms with Gasteiger partial charge in [-0.1, -0.05) is 84.9 Å². The summed E-state index contributed by atoms with van der Waals surface area (Å²) in [4.78, 5) is 28.1. The lowest BCUT2D eigenvalue weighted by molar-refractivity contribution is -0.145. The number of hydrogen-bond donors (Lipinski definition) is 1. The third kappa shape index (κ3) is 6.38. The van der Waals surface area contributed by atoms with Gasteiger partial charge in [-0.05, 0) is 47.9 Å². The Bertz CT molecular complexity index is 1210. The van der Waals surface area contributed by atoms with Crippen molar-refractivity contribution in [3.8, 4) is 0 Å². The van der Waals surface area contributed by atoms with Crippen molar-refractivity contribution in [1.82, 2.24) is 10.2 Å². The summed E-state index contributed by atoms with van der Waals surface area (Å²) in [5.74, 6) is -0.675. The van der Waals surface area contributed by atoms with E-state index < -0.39 is 19.4 Å². The molecule has 0 spiro atoms. The second kappa shape index (κ2) is 11.5. The van der Waals surface area contributed by atoms with Crippen LogP contribution >= 0.6 is 7.37 Å². The van der Waals surface area contributed by atoms with E-state index in [1.54, 1.807) is 4.90 Å². The highest BCUT2D eigenvalue weighted by atomic mass is 31.2. The van der Waals surface area contributed by atoms with Crippen LogP contribution in [-0.2, 0) is 43.8 Å². The van der Waals surface area contributed by atoms with Gasteiger partial charge in [0.25, 0.3) is 7.37 Å². The molecular weight excluding hydrogens is 483 g/mol. The molecular formula is C30H33N2O4P. The van der Waals surface area contributed by atoms with Crippen LogP contribution < -0.4 is 5.32 Å². The van der Waals surface area contributed by atoms with Crippen LogP contribution in [0.15, 0.2) is 84.9 Å². The average Bonchev–Trinajstić information content (AvgIpc) is 3.55. The largest absolute Gasteiger partial charge is 0.410 e. The molecule has 0 saturated carbocycles. The van der Waals surface area contributed by atoms with Crippen molar-refractivity contribution in [2.75, 3.05) is 13.1 Å². The first kappa shape index (κ1) is 25.4. The summed E-state index contributed by atoms with van der Waals surface area (Å²) in [6.45, 7) is 0.682. The molecule has 192 valence electrons. The maximum absolute atomic E-state index is 14.0. The standard InChI is InChI=1S/C30H33N2O4P/c33-29(20-31-27-18-25-14-7-8-15-26(25)19-27)32-17-9-16-28(32)30(34)36-37(35,21-23-10-3-1-4-11-23)22-24-12-5-2-6-13-24/h1-8,10-15,27-28,31H,9,16-22H2/t28-/m0/s1. The maximum Gasteiger partial charge on any atom is 0.333 e. The highest BCUT2D eigenvalue weighted by Crippen LogP contribution is 2.54. The Balaban J connectivity index is 1.23. The van der Waals surface area contributed by atoms with E-state index in [-0.39, 0.29) is 30.8 Å². The van der Waals surface area contributed by atoms with Crippen molar-refractivity contribution in [3.63, 3.8) is 0 Å². The van der Waals surface area contributed by atoms with Crippen LogP contribution in [0.25, 0.3) is 0 Å². The van der Waals surface area contributed by atoms with Gasteiger partial charge in [0.05, 0.1) is 18.9 Å². The minimum atomic E-state index is -3.40. The van der Waals surface area contributed by atoms with Gasteiger partial charge < -0.3 is 14.7 Å². The number of fused-ring (bicyclic) bond motifs is 1. The summed E-state index contributed by atoms with van der Waals surface area (Å²) in [5.41, 5.74) is 4.36. The smallest absolute Gasteiger partial charge is 0.333 e. The molecule has 3 aromatic rings. The Morgan fingerprint density at radius 3 is 1.95 bits per heavy atom. The number of rotatable bonds is 9. The molecule has 37 heavy (non-hydrogen) atoms. The second-order valence-corrected chi connectivity index (χ2v) is 12.5. The van der Waals surface area contributed by atoms with Crippen LogP contribution in [0.2, 0.25) is 0 Å². The van der Waals surface area contributed by atoms with E-state index in [0.29, 0.717) is 13.0 Å². The van der Waals surface area contributed by atoms with Gasteiger partial charge in [0, 0.05) is 12.6 Å². The predicted octanol–water partition coefficient (Wildman–Crippen LogP) is 4.96. The Morgan fingerprint density at radius 2 is 1.38 bits per heavy atom. The van der Waals surface area contributed by atoms with Gasteiger partial charge >= 0.3 is 5.97 Å². The van der Waals surface area contributed by atoms with E-state index in [2.05, 4.69) is 17.4 Å². The molecule has 1 heterocycles. The lowest BCUT2D eigenvalue weighted by Gasteiger charge is -2.27. The molecule has 1 atom stereocenters. The number of carbonyl (C=O) groups excluding carboxylic acids is 2.